The number of carbonyl (C=O) groups is 2. The lowest BCUT2D eigenvalue weighted by molar-refractivity contribution is 0.0944. The van der Waals surface area contributed by atoms with Gasteiger partial charge in [0.1, 0.15) is 0 Å². The molecule has 0 radical (unpaired) electrons. The molecule has 2 N–H and O–H groups in total. The number of benzene rings is 1. The van der Waals surface area contributed by atoms with Gasteiger partial charge in [-0.3, -0.25) is 19.0 Å². The molecule has 0 saturated carbocycles. The van der Waals surface area contributed by atoms with Crippen molar-refractivity contribution >= 4 is 28.4 Å². The van der Waals surface area contributed by atoms with Crippen molar-refractivity contribution in [1.82, 2.24) is 29.9 Å². The Morgan fingerprint density at radius 1 is 1.09 bits per heavy atom. The van der Waals surface area contributed by atoms with Gasteiger partial charge in [-0.2, -0.15) is 10.2 Å². The van der Waals surface area contributed by atoms with E-state index in [1.165, 1.54) is 0 Å². The zero-order chi connectivity index (χ0) is 25.3. The number of carbonyl (C=O) groups excluding carboxylic acids is 2. The zero-order valence-electron chi connectivity index (χ0n) is 21.0. The maximum atomic E-state index is 13.6. The third-order valence-electron chi connectivity index (χ3n) is 5.95. The molecular formula is C26H31N7O2. The second kappa shape index (κ2) is 9.69. The summed E-state index contributed by atoms with van der Waals surface area (Å²) < 4.78 is 3.45. The second-order valence-corrected chi connectivity index (χ2v) is 9.05. The summed E-state index contributed by atoms with van der Waals surface area (Å²) >= 11 is 0. The van der Waals surface area contributed by atoms with Crippen LogP contribution in [-0.4, -0.2) is 42.9 Å². The van der Waals surface area contributed by atoms with Crippen LogP contribution in [-0.2, 0) is 13.6 Å². The molecule has 0 aliphatic carbocycles. The van der Waals surface area contributed by atoms with Crippen molar-refractivity contribution in [2.45, 2.75) is 41.2 Å². The summed E-state index contributed by atoms with van der Waals surface area (Å²) in [7, 11) is 1.89. The third kappa shape index (κ3) is 4.80. The molecule has 35 heavy (non-hydrogen) atoms. The molecule has 0 atom stereocenters. The molecule has 0 aliphatic rings. The van der Waals surface area contributed by atoms with E-state index < -0.39 is 0 Å². The van der Waals surface area contributed by atoms with Gasteiger partial charge in [0.15, 0.2) is 5.69 Å². The van der Waals surface area contributed by atoms with Gasteiger partial charge in [0, 0.05) is 43.0 Å². The lowest BCUT2D eigenvalue weighted by Crippen LogP contribution is -2.28. The Kier molecular flexibility index (Phi) is 6.68. The Morgan fingerprint density at radius 2 is 1.83 bits per heavy atom. The largest absolute Gasteiger partial charge is 0.350 e. The SMILES string of the molecule is CCn1cc(NC(=O)c2cc(-c3c(C)nn(C)c3C)nc3ccccc23)c(C(=O)NCC(C)C)n1. The van der Waals surface area contributed by atoms with Crippen LogP contribution in [0.2, 0.25) is 0 Å². The molecule has 9 heteroatoms. The second-order valence-electron chi connectivity index (χ2n) is 9.05. The fourth-order valence-corrected chi connectivity index (χ4v) is 4.05. The summed E-state index contributed by atoms with van der Waals surface area (Å²) in [6.07, 6.45) is 1.68. The van der Waals surface area contributed by atoms with Crippen LogP contribution in [0.3, 0.4) is 0 Å². The van der Waals surface area contributed by atoms with Crippen molar-refractivity contribution in [2.24, 2.45) is 13.0 Å². The van der Waals surface area contributed by atoms with Gasteiger partial charge in [-0.1, -0.05) is 32.0 Å². The topological polar surface area (TPSA) is 107 Å². The van der Waals surface area contributed by atoms with Crippen LogP contribution in [0.15, 0.2) is 36.5 Å². The van der Waals surface area contributed by atoms with Crippen molar-refractivity contribution < 1.29 is 9.59 Å². The Hall–Kier alpha value is -4.01. The Bertz CT molecular complexity index is 1410. The number of hydrogen-bond acceptors (Lipinski definition) is 5. The van der Waals surface area contributed by atoms with Gasteiger partial charge in [0.05, 0.1) is 28.2 Å². The highest BCUT2D eigenvalue weighted by Crippen LogP contribution is 2.30. The van der Waals surface area contributed by atoms with Gasteiger partial charge in [-0.15, -0.1) is 0 Å². The molecule has 2 amide bonds. The van der Waals surface area contributed by atoms with Crippen molar-refractivity contribution in [2.75, 3.05) is 11.9 Å². The average Bonchev–Trinajstić information content (AvgIpc) is 3.35. The minimum absolute atomic E-state index is 0.193. The number of anilines is 1. The van der Waals surface area contributed by atoms with Crippen LogP contribution in [0.25, 0.3) is 22.2 Å². The maximum absolute atomic E-state index is 13.6. The van der Waals surface area contributed by atoms with Crippen LogP contribution >= 0.6 is 0 Å². The quantitative estimate of drug-likeness (QED) is 0.420. The van der Waals surface area contributed by atoms with Crippen molar-refractivity contribution in [1.29, 1.82) is 0 Å². The van der Waals surface area contributed by atoms with Crippen LogP contribution in [0.4, 0.5) is 5.69 Å². The number of nitrogens with zero attached hydrogens (tertiary/aromatic N) is 5. The Balaban J connectivity index is 1.76. The number of aromatic nitrogens is 5. The molecule has 3 heterocycles. The lowest BCUT2D eigenvalue weighted by atomic mass is 10.0. The fraction of sp³-hybridized carbons (Fsp3) is 0.346. The van der Waals surface area contributed by atoms with E-state index in [1.54, 1.807) is 16.9 Å². The fourth-order valence-electron chi connectivity index (χ4n) is 4.05. The Morgan fingerprint density at radius 3 is 2.49 bits per heavy atom. The first-order valence-corrected chi connectivity index (χ1v) is 11.8. The molecule has 0 aliphatic heterocycles. The van der Waals surface area contributed by atoms with Crippen LogP contribution in [0.5, 0.6) is 0 Å². The third-order valence-corrected chi connectivity index (χ3v) is 5.95. The number of para-hydroxylation sites is 1. The molecule has 0 unspecified atom stereocenters. The van der Waals surface area contributed by atoms with Gasteiger partial charge in [-0.05, 0) is 38.8 Å². The van der Waals surface area contributed by atoms with Gasteiger partial charge in [0.2, 0.25) is 0 Å². The molecule has 0 saturated heterocycles. The monoisotopic (exact) mass is 473 g/mol. The van der Waals surface area contributed by atoms with Crippen molar-refractivity contribution in [3.05, 3.63) is 59.2 Å². The van der Waals surface area contributed by atoms with E-state index in [9.17, 15) is 9.59 Å². The van der Waals surface area contributed by atoms with Crippen LogP contribution in [0, 0.1) is 19.8 Å². The molecular weight excluding hydrogens is 442 g/mol. The smallest absolute Gasteiger partial charge is 0.273 e. The minimum Gasteiger partial charge on any atom is -0.350 e. The normalized spacial score (nSPS) is 11.3. The van der Waals surface area contributed by atoms with E-state index in [4.69, 9.17) is 4.98 Å². The zero-order valence-corrected chi connectivity index (χ0v) is 21.0. The summed E-state index contributed by atoms with van der Waals surface area (Å²) in [6, 6.07) is 9.32. The maximum Gasteiger partial charge on any atom is 0.273 e. The van der Waals surface area contributed by atoms with E-state index in [2.05, 4.69) is 20.8 Å². The summed E-state index contributed by atoms with van der Waals surface area (Å²) in [6.45, 7) is 11.0. The minimum atomic E-state index is -0.336. The van der Waals surface area contributed by atoms with E-state index in [0.29, 0.717) is 41.5 Å². The summed E-state index contributed by atoms with van der Waals surface area (Å²) in [4.78, 5) is 31.2. The number of amides is 2. The Labute approximate surface area is 204 Å². The molecule has 182 valence electrons. The van der Waals surface area contributed by atoms with Crippen LogP contribution < -0.4 is 10.6 Å². The first kappa shape index (κ1) is 24.1. The first-order valence-electron chi connectivity index (χ1n) is 11.8. The molecule has 9 nitrogen and oxygen atoms in total. The molecule has 4 rings (SSSR count). The number of aryl methyl sites for hydroxylation is 3. The van der Waals surface area contributed by atoms with E-state index >= 15 is 0 Å². The van der Waals surface area contributed by atoms with Gasteiger partial charge in [-0.25, -0.2) is 4.98 Å². The van der Waals surface area contributed by atoms with E-state index in [1.807, 2.05) is 70.6 Å². The standard InChI is InChI=1S/C26H31N7O2/c1-7-33-14-22(24(31-33)26(35)27-13-15(2)3)29-25(34)19-12-21(23-16(4)30-32(6)17(23)5)28-20-11-9-8-10-18(19)20/h8-12,14-15H,7,13H2,1-6H3,(H,27,35)(H,29,34). The van der Waals surface area contributed by atoms with Gasteiger partial charge >= 0.3 is 0 Å². The first-order chi connectivity index (χ1) is 16.7. The number of hydrogen-bond donors (Lipinski definition) is 2. The molecule has 0 bridgehead atoms. The van der Waals surface area contributed by atoms with E-state index in [0.717, 1.165) is 22.3 Å². The number of nitrogens with one attached hydrogen (secondary N) is 2. The number of fused-ring (bicyclic) bond motifs is 1. The number of rotatable bonds is 7. The van der Waals surface area contributed by atoms with Gasteiger partial charge in [0.25, 0.3) is 11.8 Å². The highest BCUT2D eigenvalue weighted by atomic mass is 16.2. The number of pyridine rings is 1. The highest BCUT2D eigenvalue weighted by Gasteiger charge is 2.22. The van der Waals surface area contributed by atoms with Crippen molar-refractivity contribution in [3.8, 4) is 11.3 Å². The van der Waals surface area contributed by atoms with E-state index in [-0.39, 0.29) is 17.5 Å². The molecule has 0 fully saturated rings. The summed E-state index contributed by atoms with van der Waals surface area (Å²) in [5.74, 6) is -0.355. The molecule has 1 aromatic carbocycles. The van der Waals surface area contributed by atoms with Crippen LogP contribution in [0.1, 0.15) is 53.0 Å². The molecule has 3 aromatic heterocycles. The van der Waals surface area contributed by atoms with Crippen molar-refractivity contribution in [3.63, 3.8) is 0 Å². The van der Waals surface area contributed by atoms with Gasteiger partial charge < -0.3 is 10.6 Å². The highest BCUT2D eigenvalue weighted by molar-refractivity contribution is 6.14. The lowest BCUT2D eigenvalue weighted by Gasteiger charge is -2.11. The predicted molar refractivity (Wildman–Crippen MR) is 136 cm³/mol. The average molecular weight is 474 g/mol. The molecule has 0 spiro atoms. The molecule has 4 aromatic rings. The summed E-state index contributed by atoms with van der Waals surface area (Å²) in [5, 5.41) is 15.4. The summed E-state index contributed by atoms with van der Waals surface area (Å²) in [5.41, 5.74) is 5.11. The predicted octanol–water partition coefficient (Wildman–Crippen LogP) is 4.11.